The van der Waals surface area contributed by atoms with Gasteiger partial charge in [0.25, 0.3) is 0 Å². The fourth-order valence-electron chi connectivity index (χ4n) is 1.81. The Balaban J connectivity index is 2.66. The summed E-state index contributed by atoms with van der Waals surface area (Å²) < 4.78 is 58.4. The highest BCUT2D eigenvalue weighted by Crippen LogP contribution is 2.39. The smallest absolute Gasteiger partial charge is 0.341 e. The van der Waals surface area contributed by atoms with E-state index in [9.17, 15) is 27.5 Å². The summed E-state index contributed by atoms with van der Waals surface area (Å²) in [6, 6.07) is 2.09. The number of carboxylic acids is 1. The minimum Gasteiger partial charge on any atom is -0.504 e. The van der Waals surface area contributed by atoms with Crippen LogP contribution in [-0.4, -0.2) is 22.8 Å². The summed E-state index contributed by atoms with van der Waals surface area (Å²) in [4.78, 5) is 10.5. The monoisotopic (exact) mass is 316 g/mol. The number of ether oxygens (including phenoxy) is 1. The van der Waals surface area contributed by atoms with Crippen LogP contribution in [0.2, 0.25) is 0 Å². The van der Waals surface area contributed by atoms with E-state index >= 15 is 0 Å². The molecule has 0 unspecified atom stereocenters. The van der Waals surface area contributed by atoms with Gasteiger partial charge in [0.2, 0.25) is 0 Å². The Hall–Kier alpha value is -2.77. The van der Waals surface area contributed by atoms with Crippen molar-refractivity contribution in [3.05, 3.63) is 47.5 Å². The van der Waals surface area contributed by atoms with Gasteiger partial charge < -0.3 is 14.9 Å². The molecule has 0 amide bonds. The molecule has 8 heteroatoms. The number of phenols is 1. The van der Waals surface area contributed by atoms with E-state index in [1.165, 1.54) is 0 Å². The quantitative estimate of drug-likeness (QED) is 0.851. The predicted molar refractivity (Wildman–Crippen MR) is 66.5 cm³/mol. The van der Waals surface area contributed by atoms with Gasteiger partial charge in [-0.05, 0) is 12.1 Å². The molecule has 2 aromatic carbocycles. The van der Waals surface area contributed by atoms with Crippen molar-refractivity contribution in [3.63, 3.8) is 0 Å². The molecule has 0 radical (unpaired) electrons. The normalized spacial score (nSPS) is 10.5. The van der Waals surface area contributed by atoms with Crippen molar-refractivity contribution in [2.24, 2.45) is 0 Å². The van der Waals surface area contributed by atoms with Crippen LogP contribution in [0.5, 0.6) is 11.5 Å². The average Bonchev–Trinajstić information content (AvgIpc) is 2.40. The van der Waals surface area contributed by atoms with E-state index in [0.29, 0.717) is 24.3 Å². The predicted octanol–water partition coefficient (Wildman–Crippen LogP) is 3.08. The number of benzene rings is 2. The molecule has 0 aliphatic carbocycles. The van der Waals surface area contributed by atoms with Gasteiger partial charge in [-0.1, -0.05) is 0 Å². The number of phenolic OH excluding ortho intramolecular Hbond substituents is 1. The molecule has 0 aliphatic heterocycles. The summed E-state index contributed by atoms with van der Waals surface area (Å²) >= 11 is 0. The third kappa shape index (κ3) is 3.11. The highest BCUT2D eigenvalue weighted by atomic mass is 19.1. The number of halogens is 4. The van der Waals surface area contributed by atoms with E-state index in [4.69, 9.17) is 5.11 Å². The molecule has 0 fully saturated rings. The Morgan fingerprint density at radius 1 is 0.955 bits per heavy atom. The maximum Gasteiger partial charge on any atom is 0.341 e. The lowest BCUT2D eigenvalue weighted by molar-refractivity contribution is -0.139. The van der Waals surface area contributed by atoms with Crippen molar-refractivity contribution >= 4 is 5.97 Å². The molecule has 22 heavy (non-hydrogen) atoms. The molecule has 2 aromatic rings. The number of carbonyl (C=O) groups is 1. The fraction of sp³-hybridized carbons (Fsp3) is 0.0714. The van der Waals surface area contributed by atoms with Gasteiger partial charge >= 0.3 is 5.97 Å². The van der Waals surface area contributed by atoms with Crippen LogP contribution in [0.25, 0.3) is 11.1 Å². The van der Waals surface area contributed by atoms with Gasteiger partial charge in [-0.2, -0.15) is 0 Å². The average molecular weight is 316 g/mol. The van der Waals surface area contributed by atoms with E-state index in [1.54, 1.807) is 0 Å². The molecule has 0 saturated carbocycles. The number of rotatable bonds is 4. The molecule has 4 nitrogen and oxygen atoms in total. The second-order valence-electron chi connectivity index (χ2n) is 4.23. The second kappa shape index (κ2) is 5.92. The van der Waals surface area contributed by atoms with Crippen LogP contribution in [0, 0.1) is 23.3 Å². The summed E-state index contributed by atoms with van der Waals surface area (Å²) in [5, 5.41) is 18.1. The standard InChI is InChI=1S/C14H8F4O4/c15-6-1-8(13(21)10(17)3-6)9-2-7(16)4-11(18)14(9)22-5-12(19)20/h1-4,21H,5H2,(H,19,20). The summed E-state index contributed by atoms with van der Waals surface area (Å²) in [7, 11) is 0. The molecule has 0 bridgehead atoms. The third-order valence-corrected chi connectivity index (χ3v) is 2.67. The maximum atomic E-state index is 13.8. The van der Waals surface area contributed by atoms with Crippen LogP contribution >= 0.6 is 0 Å². The van der Waals surface area contributed by atoms with Gasteiger partial charge in [0.15, 0.2) is 29.7 Å². The fourth-order valence-corrected chi connectivity index (χ4v) is 1.81. The van der Waals surface area contributed by atoms with Crippen molar-refractivity contribution in [2.45, 2.75) is 0 Å². The minimum absolute atomic E-state index is 0.381. The van der Waals surface area contributed by atoms with Crippen LogP contribution in [0.15, 0.2) is 24.3 Å². The topological polar surface area (TPSA) is 66.8 Å². The van der Waals surface area contributed by atoms with E-state index in [-0.39, 0.29) is 0 Å². The third-order valence-electron chi connectivity index (χ3n) is 2.67. The number of aromatic hydroxyl groups is 1. The molecule has 116 valence electrons. The molecule has 0 spiro atoms. The SMILES string of the molecule is O=C(O)COc1c(F)cc(F)cc1-c1cc(F)cc(F)c1O. The Bertz CT molecular complexity index is 746. The van der Waals surface area contributed by atoms with E-state index in [2.05, 4.69) is 4.74 Å². The first-order valence-electron chi connectivity index (χ1n) is 5.81. The van der Waals surface area contributed by atoms with Gasteiger partial charge in [0.05, 0.1) is 0 Å². The lowest BCUT2D eigenvalue weighted by atomic mass is 10.0. The lowest BCUT2D eigenvalue weighted by Gasteiger charge is -2.13. The van der Waals surface area contributed by atoms with Gasteiger partial charge in [0.1, 0.15) is 11.6 Å². The van der Waals surface area contributed by atoms with Crippen molar-refractivity contribution in [1.82, 2.24) is 0 Å². The highest BCUT2D eigenvalue weighted by Gasteiger charge is 2.20. The molecule has 2 rings (SSSR count). The molecule has 2 N–H and O–H groups in total. The van der Waals surface area contributed by atoms with E-state index in [1.807, 2.05) is 0 Å². The van der Waals surface area contributed by atoms with Crippen LogP contribution in [0.1, 0.15) is 0 Å². The first-order chi connectivity index (χ1) is 10.3. The van der Waals surface area contributed by atoms with Crippen molar-refractivity contribution in [1.29, 1.82) is 0 Å². The molecule has 0 atom stereocenters. The molecular formula is C14H8F4O4. The van der Waals surface area contributed by atoms with Crippen molar-refractivity contribution < 1.29 is 37.3 Å². The van der Waals surface area contributed by atoms with Crippen LogP contribution in [-0.2, 0) is 4.79 Å². The summed E-state index contributed by atoms with van der Waals surface area (Å²) in [5.74, 6) is -8.05. The van der Waals surface area contributed by atoms with Crippen LogP contribution < -0.4 is 4.74 Å². The Morgan fingerprint density at radius 2 is 1.50 bits per heavy atom. The zero-order valence-electron chi connectivity index (χ0n) is 10.7. The Morgan fingerprint density at radius 3 is 2.09 bits per heavy atom. The number of carboxylic acid groups (broad SMARTS) is 1. The van der Waals surface area contributed by atoms with Gasteiger partial charge in [-0.15, -0.1) is 0 Å². The molecule has 0 aromatic heterocycles. The highest BCUT2D eigenvalue weighted by molar-refractivity contribution is 5.77. The summed E-state index contributed by atoms with van der Waals surface area (Å²) in [5.41, 5.74) is -1.09. The first kappa shape index (κ1) is 15.6. The number of hydrogen-bond acceptors (Lipinski definition) is 3. The van der Waals surface area contributed by atoms with Crippen molar-refractivity contribution in [2.75, 3.05) is 6.61 Å². The van der Waals surface area contributed by atoms with E-state index in [0.717, 1.165) is 0 Å². The zero-order valence-corrected chi connectivity index (χ0v) is 10.7. The van der Waals surface area contributed by atoms with Crippen LogP contribution in [0.4, 0.5) is 17.6 Å². The summed E-state index contributed by atoms with van der Waals surface area (Å²) in [6.45, 7) is -0.964. The lowest BCUT2D eigenvalue weighted by Crippen LogP contribution is -2.11. The van der Waals surface area contributed by atoms with Gasteiger partial charge in [0, 0.05) is 23.3 Å². The number of hydrogen-bond donors (Lipinski definition) is 2. The molecular weight excluding hydrogens is 308 g/mol. The first-order valence-corrected chi connectivity index (χ1v) is 5.81. The Kier molecular flexibility index (Phi) is 4.20. The minimum atomic E-state index is -1.44. The zero-order chi connectivity index (χ0) is 16.4. The molecule has 0 aliphatic rings. The van der Waals surface area contributed by atoms with Gasteiger partial charge in [-0.3, -0.25) is 0 Å². The largest absolute Gasteiger partial charge is 0.504 e. The molecule has 0 saturated heterocycles. The van der Waals surface area contributed by atoms with E-state index < -0.39 is 58.5 Å². The second-order valence-corrected chi connectivity index (χ2v) is 4.23. The number of aliphatic carboxylic acids is 1. The van der Waals surface area contributed by atoms with Crippen LogP contribution in [0.3, 0.4) is 0 Å². The maximum absolute atomic E-state index is 13.8. The summed E-state index contributed by atoms with van der Waals surface area (Å²) in [6.07, 6.45) is 0. The Labute approximate surface area is 121 Å². The van der Waals surface area contributed by atoms with Crippen molar-refractivity contribution in [3.8, 4) is 22.6 Å². The van der Waals surface area contributed by atoms with Gasteiger partial charge in [-0.25, -0.2) is 22.4 Å². The molecule has 0 heterocycles.